The lowest BCUT2D eigenvalue weighted by molar-refractivity contribution is -0.128. The van der Waals surface area contributed by atoms with Crippen LogP contribution in [0, 0.1) is 0 Å². The van der Waals surface area contributed by atoms with Gasteiger partial charge < -0.3 is 4.90 Å². The Kier molecular flexibility index (Phi) is 3.17. The van der Waals surface area contributed by atoms with Gasteiger partial charge in [0.2, 0.25) is 5.91 Å². The van der Waals surface area contributed by atoms with E-state index in [1.54, 1.807) is 12.1 Å². The van der Waals surface area contributed by atoms with Crippen LogP contribution in [-0.2, 0) is 11.3 Å². The van der Waals surface area contributed by atoms with E-state index >= 15 is 0 Å². The number of benzene rings is 1. The van der Waals surface area contributed by atoms with Gasteiger partial charge in [-0.3, -0.25) is 4.79 Å². The summed E-state index contributed by atoms with van der Waals surface area (Å²) in [5.41, 5.74) is 0.955. The minimum Gasteiger partial charge on any atom is -0.338 e. The Morgan fingerprint density at radius 1 is 1.33 bits per heavy atom. The van der Waals surface area contributed by atoms with Crippen molar-refractivity contribution in [1.29, 1.82) is 0 Å². The van der Waals surface area contributed by atoms with Crippen molar-refractivity contribution in [3.05, 3.63) is 33.8 Å². The Bertz CT molecular complexity index is 392. The molecule has 1 aliphatic rings. The molecule has 0 saturated carbocycles. The summed E-state index contributed by atoms with van der Waals surface area (Å²) in [6, 6.07) is 5.37. The quantitative estimate of drug-likeness (QED) is 0.782. The minimum atomic E-state index is 0.209. The van der Waals surface area contributed by atoms with Gasteiger partial charge in [0.05, 0.1) is 0 Å². The maximum atomic E-state index is 11.4. The lowest BCUT2D eigenvalue weighted by Gasteiger charge is -2.16. The fraction of sp³-hybridized carbons (Fsp3) is 0.364. The third-order valence-electron chi connectivity index (χ3n) is 2.55. The predicted molar refractivity (Wildman–Crippen MR) is 61.1 cm³/mol. The molecule has 0 aromatic heterocycles. The molecule has 15 heavy (non-hydrogen) atoms. The summed E-state index contributed by atoms with van der Waals surface area (Å²) in [7, 11) is 0. The van der Waals surface area contributed by atoms with Gasteiger partial charge >= 0.3 is 0 Å². The highest BCUT2D eigenvalue weighted by Gasteiger charge is 2.20. The first kappa shape index (κ1) is 10.8. The van der Waals surface area contributed by atoms with Gasteiger partial charge in [0.1, 0.15) is 0 Å². The van der Waals surface area contributed by atoms with E-state index in [1.807, 2.05) is 11.0 Å². The van der Waals surface area contributed by atoms with E-state index in [9.17, 15) is 4.79 Å². The standard InChI is InChI=1S/C11H11Cl2NO/c12-9-4-3-8(10(13)6-9)7-14-5-1-2-11(14)15/h3-4,6H,1-2,5,7H2. The molecule has 0 bridgehead atoms. The Labute approximate surface area is 98.8 Å². The van der Waals surface area contributed by atoms with Crippen molar-refractivity contribution in [2.45, 2.75) is 19.4 Å². The van der Waals surface area contributed by atoms with Crippen molar-refractivity contribution >= 4 is 29.1 Å². The Morgan fingerprint density at radius 3 is 2.73 bits per heavy atom. The van der Waals surface area contributed by atoms with E-state index in [0.29, 0.717) is 23.0 Å². The number of likely N-dealkylation sites (tertiary alicyclic amines) is 1. The average Bonchev–Trinajstić information content (AvgIpc) is 2.57. The Morgan fingerprint density at radius 2 is 2.13 bits per heavy atom. The monoisotopic (exact) mass is 243 g/mol. The van der Waals surface area contributed by atoms with Gasteiger partial charge in [-0.15, -0.1) is 0 Å². The number of nitrogens with zero attached hydrogens (tertiary/aromatic N) is 1. The molecule has 0 atom stereocenters. The summed E-state index contributed by atoms with van der Waals surface area (Å²) in [5.74, 6) is 0.209. The van der Waals surface area contributed by atoms with Gasteiger partial charge in [-0.1, -0.05) is 29.3 Å². The maximum absolute atomic E-state index is 11.4. The zero-order chi connectivity index (χ0) is 10.8. The van der Waals surface area contributed by atoms with Crippen LogP contribution in [0.3, 0.4) is 0 Å². The van der Waals surface area contributed by atoms with E-state index in [2.05, 4.69) is 0 Å². The number of halogens is 2. The molecule has 80 valence electrons. The molecule has 0 radical (unpaired) electrons. The van der Waals surface area contributed by atoms with Crippen molar-refractivity contribution in [3.8, 4) is 0 Å². The summed E-state index contributed by atoms with van der Waals surface area (Å²) < 4.78 is 0. The molecule has 1 aromatic rings. The third-order valence-corrected chi connectivity index (χ3v) is 3.13. The highest BCUT2D eigenvalue weighted by Crippen LogP contribution is 2.23. The molecule has 4 heteroatoms. The molecule has 2 nitrogen and oxygen atoms in total. The minimum absolute atomic E-state index is 0.209. The highest BCUT2D eigenvalue weighted by atomic mass is 35.5. The molecule has 1 fully saturated rings. The Hall–Kier alpha value is -0.730. The van der Waals surface area contributed by atoms with Crippen LogP contribution in [-0.4, -0.2) is 17.4 Å². The number of carbonyl (C=O) groups is 1. The van der Waals surface area contributed by atoms with Crippen molar-refractivity contribution < 1.29 is 4.79 Å². The summed E-state index contributed by atoms with van der Waals surface area (Å²) in [6.07, 6.45) is 1.61. The van der Waals surface area contributed by atoms with Crippen LogP contribution >= 0.6 is 23.2 Å². The van der Waals surface area contributed by atoms with Crippen molar-refractivity contribution in [1.82, 2.24) is 4.90 Å². The molecule has 1 heterocycles. The molecule has 1 saturated heterocycles. The number of carbonyl (C=O) groups excluding carboxylic acids is 1. The predicted octanol–water partition coefficient (Wildman–Crippen LogP) is 3.12. The molecule has 0 unspecified atom stereocenters. The summed E-state index contributed by atoms with van der Waals surface area (Å²) >= 11 is 11.8. The highest BCUT2D eigenvalue weighted by molar-refractivity contribution is 6.35. The van der Waals surface area contributed by atoms with Crippen LogP contribution in [0.25, 0.3) is 0 Å². The van der Waals surface area contributed by atoms with Gasteiger partial charge in [-0.25, -0.2) is 0 Å². The molecule has 1 amide bonds. The molecular weight excluding hydrogens is 233 g/mol. The van der Waals surface area contributed by atoms with Gasteiger partial charge in [0.25, 0.3) is 0 Å². The maximum Gasteiger partial charge on any atom is 0.222 e. The SMILES string of the molecule is O=C1CCCN1Cc1ccc(Cl)cc1Cl. The summed E-state index contributed by atoms with van der Waals surface area (Å²) in [4.78, 5) is 13.2. The van der Waals surface area contributed by atoms with Crippen LogP contribution in [0.5, 0.6) is 0 Å². The van der Waals surface area contributed by atoms with Crippen LogP contribution in [0.2, 0.25) is 10.0 Å². The number of hydrogen-bond acceptors (Lipinski definition) is 1. The fourth-order valence-electron chi connectivity index (χ4n) is 1.73. The van der Waals surface area contributed by atoms with Gasteiger partial charge in [-0.2, -0.15) is 0 Å². The first-order chi connectivity index (χ1) is 7.16. The summed E-state index contributed by atoms with van der Waals surface area (Å²) in [6.45, 7) is 1.42. The smallest absolute Gasteiger partial charge is 0.222 e. The largest absolute Gasteiger partial charge is 0.338 e. The molecule has 0 spiro atoms. The van der Waals surface area contributed by atoms with E-state index in [1.165, 1.54) is 0 Å². The topological polar surface area (TPSA) is 20.3 Å². The molecular formula is C11H11Cl2NO. The number of amides is 1. The molecule has 2 rings (SSSR count). The lowest BCUT2D eigenvalue weighted by atomic mass is 10.2. The fourth-order valence-corrected chi connectivity index (χ4v) is 2.19. The zero-order valence-electron chi connectivity index (χ0n) is 8.17. The third kappa shape index (κ3) is 2.44. The first-order valence-electron chi connectivity index (χ1n) is 4.88. The van der Waals surface area contributed by atoms with Crippen molar-refractivity contribution in [3.63, 3.8) is 0 Å². The van der Waals surface area contributed by atoms with Crippen molar-refractivity contribution in [2.75, 3.05) is 6.54 Å². The van der Waals surface area contributed by atoms with Crippen LogP contribution < -0.4 is 0 Å². The van der Waals surface area contributed by atoms with Gasteiger partial charge in [-0.05, 0) is 24.1 Å². The first-order valence-corrected chi connectivity index (χ1v) is 5.64. The van der Waals surface area contributed by atoms with Crippen LogP contribution in [0.1, 0.15) is 18.4 Å². The lowest BCUT2D eigenvalue weighted by Crippen LogP contribution is -2.23. The van der Waals surface area contributed by atoms with Gasteiger partial charge in [0, 0.05) is 29.6 Å². The Balaban J connectivity index is 2.13. The summed E-state index contributed by atoms with van der Waals surface area (Å²) in [5, 5.41) is 1.25. The van der Waals surface area contributed by atoms with E-state index in [0.717, 1.165) is 18.5 Å². The van der Waals surface area contributed by atoms with E-state index in [4.69, 9.17) is 23.2 Å². The second kappa shape index (κ2) is 4.42. The zero-order valence-corrected chi connectivity index (χ0v) is 9.68. The molecule has 1 aliphatic heterocycles. The van der Waals surface area contributed by atoms with Crippen LogP contribution in [0.4, 0.5) is 0 Å². The number of rotatable bonds is 2. The second-order valence-corrected chi connectivity index (χ2v) is 4.50. The average molecular weight is 244 g/mol. The number of hydrogen-bond donors (Lipinski definition) is 0. The van der Waals surface area contributed by atoms with Gasteiger partial charge in [0.15, 0.2) is 0 Å². The molecule has 0 N–H and O–H groups in total. The normalized spacial score (nSPS) is 16.1. The van der Waals surface area contributed by atoms with E-state index < -0.39 is 0 Å². The second-order valence-electron chi connectivity index (χ2n) is 3.65. The molecule has 1 aromatic carbocycles. The van der Waals surface area contributed by atoms with E-state index in [-0.39, 0.29) is 5.91 Å². The van der Waals surface area contributed by atoms with Crippen molar-refractivity contribution in [2.24, 2.45) is 0 Å². The molecule has 0 aliphatic carbocycles. The van der Waals surface area contributed by atoms with Crippen LogP contribution in [0.15, 0.2) is 18.2 Å².